The van der Waals surface area contributed by atoms with E-state index in [1.807, 2.05) is 20.8 Å². The van der Waals surface area contributed by atoms with E-state index in [-0.39, 0.29) is 17.1 Å². The topological polar surface area (TPSA) is 78.4 Å². The standard InChI is InChI=1S/C13H16N2O3/c1-13(2,3)9-6-7(16)4-5-8(9)10-11(17)15-12(18)14-10/h4-6,10,16H,1-3H3,(H2,14,15,17,18). The highest BCUT2D eigenvalue weighted by Gasteiger charge is 2.34. The van der Waals surface area contributed by atoms with Gasteiger partial charge in [0.1, 0.15) is 11.8 Å². The van der Waals surface area contributed by atoms with Crippen molar-refractivity contribution in [3.8, 4) is 5.75 Å². The van der Waals surface area contributed by atoms with Crippen LogP contribution in [0.3, 0.4) is 0 Å². The van der Waals surface area contributed by atoms with Gasteiger partial charge in [0, 0.05) is 0 Å². The summed E-state index contributed by atoms with van der Waals surface area (Å²) in [6.07, 6.45) is 0. The average molecular weight is 248 g/mol. The van der Waals surface area contributed by atoms with Crippen molar-refractivity contribution in [2.45, 2.75) is 32.2 Å². The number of carbonyl (C=O) groups is 2. The minimum atomic E-state index is -0.688. The van der Waals surface area contributed by atoms with Gasteiger partial charge >= 0.3 is 6.03 Å². The maximum atomic E-state index is 11.7. The normalized spacial score (nSPS) is 19.6. The van der Waals surface area contributed by atoms with Gasteiger partial charge in [0.2, 0.25) is 0 Å². The lowest BCUT2D eigenvalue weighted by molar-refractivity contribution is -0.120. The number of hydrogen-bond acceptors (Lipinski definition) is 3. The minimum absolute atomic E-state index is 0.147. The van der Waals surface area contributed by atoms with Gasteiger partial charge < -0.3 is 10.4 Å². The fourth-order valence-electron chi connectivity index (χ4n) is 2.08. The Hall–Kier alpha value is -2.04. The van der Waals surface area contributed by atoms with Crippen LogP contribution in [-0.4, -0.2) is 17.0 Å². The summed E-state index contributed by atoms with van der Waals surface area (Å²) in [7, 11) is 0. The van der Waals surface area contributed by atoms with Gasteiger partial charge in [0.05, 0.1) is 0 Å². The van der Waals surface area contributed by atoms with E-state index in [0.717, 1.165) is 5.56 Å². The lowest BCUT2D eigenvalue weighted by atomic mass is 9.81. The Bertz CT molecular complexity index is 517. The van der Waals surface area contributed by atoms with Gasteiger partial charge in [0.25, 0.3) is 5.91 Å². The van der Waals surface area contributed by atoms with Gasteiger partial charge in [0.15, 0.2) is 0 Å². The third kappa shape index (κ3) is 2.16. The number of imide groups is 1. The van der Waals surface area contributed by atoms with Crippen LogP contribution in [0.4, 0.5) is 4.79 Å². The largest absolute Gasteiger partial charge is 0.508 e. The van der Waals surface area contributed by atoms with E-state index >= 15 is 0 Å². The molecule has 1 atom stereocenters. The zero-order chi connectivity index (χ0) is 13.5. The number of phenols is 1. The second kappa shape index (κ2) is 4.01. The molecule has 1 aromatic carbocycles. The molecule has 1 fully saturated rings. The van der Waals surface area contributed by atoms with Crippen molar-refractivity contribution >= 4 is 11.9 Å². The monoisotopic (exact) mass is 248 g/mol. The number of phenolic OH excluding ortho intramolecular Hbond substituents is 1. The van der Waals surface area contributed by atoms with Crippen LogP contribution in [0, 0.1) is 0 Å². The quantitative estimate of drug-likeness (QED) is 0.660. The molecule has 3 N–H and O–H groups in total. The highest BCUT2D eigenvalue weighted by molar-refractivity contribution is 6.04. The van der Waals surface area contributed by atoms with Crippen LogP contribution >= 0.6 is 0 Å². The summed E-state index contributed by atoms with van der Waals surface area (Å²) in [5.41, 5.74) is 1.32. The molecule has 0 saturated carbocycles. The van der Waals surface area contributed by atoms with Crippen LogP contribution < -0.4 is 10.6 Å². The smallest absolute Gasteiger partial charge is 0.322 e. The molecular formula is C13H16N2O3. The predicted molar refractivity (Wildman–Crippen MR) is 66.2 cm³/mol. The Morgan fingerprint density at radius 2 is 1.89 bits per heavy atom. The second-order valence-corrected chi connectivity index (χ2v) is 5.42. The summed E-state index contributed by atoms with van der Waals surface area (Å²) in [4.78, 5) is 22.9. The lowest BCUT2D eigenvalue weighted by Crippen LogP contribution is -2.24. The highest BCUT2D eigenvalue weighted by atomic mass is 16.3. The molecule has 3 amide bonds. The number of carbonyl (C=O) groups excluding carboxylic acids is 2. The lowest BCUT2D eigenvalue weighted by Gasteiger charge is -2.25. The van der Waals surface area contributed by atoms with E-state index in [1.54, 1.807) is 12.1 Å². The molecule has 0 aliphatic carbocycles. The first-order valence-corrected chi connectivity index (χ1v) is 5.74. The van der Waals surface area contributed by atoms with Crippen LogP contribution in [0.15, 0.2) is 18.2 Å². The highest BCUT2D eigenvalue weighted by Crippen LogP contribution is 2.33. The summed E-state index contributed by atoms with van der Waals surface area (Å²) in [5, 5.41) is 14.4. The third-order valence-corrected chi connectivity index (χ3v) is 2.93. The Kier molecular flexibility index (Phi) is 2.77. The van der Waals surface area contributed by atoms with E-state index < -0.39 is 12.1 Å². The summed E-state index contributed by atoms with van der Waals surface area (Å²) in [6, 6.07) is 3.64. The van der Waals surface area contributed by atoms with Crippen molar-refractivity contribution < 1.29 is 14.7 Å². The first-order chi connectivity index (χ1) is 8.29. The third-order valence-electron chi connectivity index (χ3n) is 2.93. The Morgan fingerprint density at radius 1 is 1.22 bits per heavy atom. The summed E-state index contributed by atoms with van der Waals surface area (Å²) in [6.45, 7) is 5.96. The minimum Gasteiger partial charge on any atom is -0.508 e. The molecule has 0 spiro atoms. The number of amides is 3. The fourth-order valence-corrected chi connectivity index (χ4v) is 2.08. The summed E-state index contributed by atoms with van der Waals surface area (Å²) in [5.74, 6) is -0.218. The molecule has 96 valence electrons. The number of benzene rings is 1. The van der Waals surface area contributed by atoms with Gasteiger partial charge in [-0.15, -0.1) is 0 Å². The molecule has 5 nitrogen and oxygen atoms in total. The van der Waals surface area contributed by atoms with Crippen molar-refractivity contribution in [1.29, 1.82) is 0 Å². The maximum Gasteiger partial charge on any atom is 0.322 e. The van der Waals surface area contributed by atoms with Crippen molar-refractivity contribution in [3.63, 3.8) is 0 Å². The van der Waals surface area contributed by atoms with Crippen molar-refractivity contribution in [3.05, 3.63) is 29.3 Å². The molecule has 1 aromatic rings. The SMILES string of the molecule is CC(C)(C)c1cc(O)ccc1C1NC(=O)NC1=O. The molecule has 1 saturated heterocycles. The molecule has 0 aromatic heterocycles. The predicted octanol–water partition coefficient (Wildman–Crippen LogP) is 1.57. The molecule has 1 aliphatic rings. The Labute approximate surface area is 105 Å². The average Bonchev–Trinajstić information content (AvgIpc) is 2.56. The van der Waals surface area contributed by atoms with Crippen LogP contribution in [0.2, 0.25) is 0 Å². The van der Waals surface area contributed by atoms with Crippen molar-refractivity contribution in [2.24, 2.45) is 0 Å². The van der Waals surface area contributed by atoms with E-state index in [1.165, 1.54) is 6.07 Å². The number of rotatable bonds is 1. The second-order valence-electron chi connectivity index (χ2n) is 5.42. The molecule has 1 unspecified atom stereocenters. The van der Waals surface area contributed by atoms with Crippen molar-refractivity contribution in [1.82, 2.24) is 10.6 Å². The molecule has 2 rings (SSSR count). The molecule has 1 aliphatic heterocycles. The van der Waals surface area contributed by atoms with E-state index in [9.17, 15) is 14.7 Å². The summed E-state index contributed by atoms with van der Waals surface area (Å²) >= 11 is 0. The Morgan fingerprint density at radius 3 is 2.39 bits per heavy atom. The van der Waals surface area contributed by atoms with Gasteiger partial charge in [-0.3, -0.25) is 10.1 Å². The molecule has 1 heterocycles. The van der Waals surface area contributed by atoms with Crippen LogP contribution in [0.5, 0.6) is 5.75 Å². The zero-order valence-corrected chi connectivity index (χ0v) is 10.6. The molecular weight excluding hydrogens is 232 g/mol. The van der Waals surface area contributed by atoms with Gasteiger partial charge in [-0.2, -0.15) is 0 Å². The molecule has 0 bridgehead atoms. The van der Waals surface area contributed by atoms with E-state index in [4.69, 9.17) is 0 Å². The van der Waals surface area contributed by atoms with E-state index in [2.05, 4.69) is 10.6 Å². The maximum absolute atomic E-state index is 11.7. The molecule has 5 heteroatoms. The van der Waals surface area contributed by atoms with Crippen LogP contribution in [-0.2, 0) is 10.2 Å². The molecule has 0 radical (unpaired) electrons. The first kappa shape index (κ1) is 12.4. The number of hydrogen-bond donors (Lipinski definition) is 3. The number of nitrogens with one attached hydrogen (secondary N) is 2. The zero-order valence-electron chi connectivity index (χ0n) is 10.6. The first-order valence-electron chi connectivity index (χ1n) is 5.74. The molecule has 18 heavy (non-hydrogen) atoms. The van der Waals surface area contributed by atoms with Crippen LogP contribution in [0.1, 0.15) is 37.9 Å². The fraction of sp³-hybridized carbons (Fsp3) is 0.385. The number of aromatic hydroxyl groups is 1. The van der Waals surface area contributed by atoms with Gasteiger partial charge in [-0.25, -0.2) is 4.79 Å². The van der Waals surface area contributed by atoms with Gasteiger partial charge in [-0.1, -0.05) is 26.8 Å². The van der Waals surface area contributed by atoms with Crippen molar-refractivity contribution in [2.75, 3.05) is 0 Å². The van der Waals surface area contributed by atoms with Gasteiger partial charge in [-0.05, 0) is 28.7 Å². The number of urea groups is 1. The van der Waals surface area contributed by atoms with Crippen LogP contribution in [0.25, 0.3) is 0 Å². The Balaban J connectivity index is 2.51. The summed E-state index contributed by atoms with van der Waals surface area (Å²) < 4.78 is 0. The van der Waals surface area contributed by atoms with E-state index in [0.29, 0.717) is 5.56 Å².